The summed E-state index contributed by atoms with van der Waals surface area (Å²) in [6.45, 7) is 0. The van der Waals surface area contributed by atoms with Crippen LogP contribution >= 0.6 is 27.3 Å². The van der Waals surface area contributed by atoms with Gasteiger partial charge in [-0.2, -0.15) is 0 Å². The van der Waals surface area contributed by atoms with Crippen molar-refractivity contribution in [2.75, 3.05) is 7.05 Å². The fourth-order valence-corrected chi connectivity index (χ4v) is 4.06. The first kappa shape index (κ1) is 12.9. The molecule has 0 saturated carbocycles. The second kappa shape index (κ2) is 5.45. The van der Waals surface area contributed by atoms with Crippen LogP contribution in [0.25, 0.3) is 10.1 Å². The molecule has 3 rings (SSSR count). The molecule has 0 aliphatic heterocycles. The first-order valence-corrected chi connectivity index (χ1v) is 7.86. The van der Waals surface area contributed by atoms with Gasteiger partial charge in [0.1, 0.15) is 0 Å². The number of thiophene rings is 1. The standard InChI is InChI=1S/C16H14BrNS/c1-18-15(11-6-3-2-4-7-11)13-10-19-16-12(13)8-5-9-14(16)17/h2-10,15,18H,1H3. The summed E-state index contributed by atoms with van der Waals surface area (Å²) in [4.78, 5) is 0. The highest BCUT2D eigenvalue weighted by atomic mass is 79.9. The molecule has 1 heterocycles. The Kier molecular flexibility index (Phi) is 3.69. The molecule has 0 amide bonds. The van der Waals surface area contributed by atoms with E-state index in [1.54, 1.807) is 11.3 Å². The van der Waals surface area contributed by atoms with Crippen LogP contribution in [0.3, 0.4) is 0 Å². The van der Waals surface area contributed by atoms with E-state index in [0.717, 1.165) is 0 Å². The van der Waals surface area contributed by atoms with E-state index in [1.807, 2.05) is 7.05 Å². The van der Waals surface area contributed by atoms with Crippen molar-refractivity contribution in [3.05, 3.63) is 69.5 Å². The van der Waals surface area contributed by atoms with E-state index in [9.17, 15) is 0 Å². The maximum atomic E-state index is 3.63. The van der Waals surface area contributed by atoms with E-state index < -0.39 is 0 Å². The lowest BCUT2D eigenvalue weighted by molar-refractivity contribution is 0.699. The number of halogens is 1. The number of rotatable bonds is 3. The Bertz CT molecular complexity index is 690. The Morgan fingerprint density at radius 3 is 2.58 bits per heavy atom. The van der Waals surface area contributed by atoms with E-state index >= 15 is 0 Å². The molecule has 0 aliphatic rings. The number of hydrogen-bond donors (Lipinski definition) is 1. The minimum Gasteiger partial charge on any atom is -0.309 e. The van der Waals surface area contributed by atoms with Gasteiger partial charge < -0.3 is 5.32 Å². The van der Waals surface area contributed by atoms with Crippen LogP contribution in [0.4, 0.5) is 0 Å². The molecule has 3 aromatic rings. The van der Waals surface area contributed by atoms with Crippen LogP contribution in [0.1, 0.15) is 17.2 Å². The first-order valence-electron chi connectivity index (χ1n) is 6.19. The van der Waals surface area contributed by atoms with Gasteiger partial charge in [-0.25, -0.2) is 0 Å². The SMILES string of the molecule is CNC(c1ccccc1)c1csc2c(Br)cccc12. The van der Waals surface area contributed by atoms with Crippen LogP contribution in [0.15, 0.2) is 58.4 Å². The van der Waals surface area contributed by atoms with E-state index in [-0.39, 0.29) is 6.04 Å². The van der Waals surface area contributed by atoms with E-state index in [2.05, 4.69) is 75.2 Å². The molecule has 96 valence electrons. The predicted molar refractivity (Wildman–Crippen MR) is 86.9 cm³/mol. The molecule has 0 saturated heterocycles. The summed E-state index contributed by atoms with van der Waals surface area (Å²) in [5.41, 5.74) is 2.64. The smallest absolute Gasteiger partial charge is 0.0588 e. The highest BCUT2D eigenvalue weighted by molar-refractivity contribution is 9.10. The summed E-state index contributed by atoms with van der Waals surface area (Å²) >= 11 is 5.42. The van der Waals surface area contributed by atoms with Crippen LogP contribution in [0.5, 0.6) is 0 Å². The van der Waals surface area contributed by atoms with Gasteiger partial charge in [-0.3, -0.25) is 0 Å². The van der Waals surface area contributed by atoms with Crippen molar-refractivity contribution in [1.82, 2.24) is 5.32 Å². The number of benzene rings is 2. The zero-order valence-corrected chi connectivity index (χ0v) is 13.0. The van der Waals surface area contributed by atoms with E-state index in [1.165, 1.54) is 25.7 Å². The van der Waals surface area contributed by atoms with Gasteiger partial charge in [0.2, 0.25) is 0 Å². The summed E-state index contributed by atoms with van der Waals surface area (Å²) in [5.74, 6) is 0. The van der Waals surface area contributed by atoms with Crippen LogP contribution in [-0.4, -0.2) is 7.05 Å². The van der Waals surface area contributed by atoms with E-state index in [0.29, 0.717) is 0 Å². The molecule has 0 aliphatic carbocycles. The molecule has 19 heavy (non-hydrogen) atoms. The molecule has 0 bridgehead atoms. The number of fused-ring (bicyclic) bond motifs is 1. The highest BCUT2D eigenvalue weighted by Gasteiger charge is 2.16. The van der Waals surface area contributed by atoms with Crippen molar-refractivity contribution >= 4 is 37.4 Å². The summed E-state index contributed by atoms with van der Waals surface area (Å²) in [6.07, 6.45) is 0. The molecular weight excluding hydrogens is 318 g/mol. The second-order valence-corrected chi connectivity index (χ2v) is 6.17. The minimum absolute atomic E-state index is 0.240. The quantitative estimate of drug-likeness (QED) is 0.714. The molecule has 3 heteroatoms. The van der Waals surface area contributed by atoms with Crippen molar-refractivity contribution in [3.8, 4) is 0 Å². The van der Waals surface area contributed by atoms with Crippen molar-refractivity contribution in [3.63, 3.8) is 0 Å². The van der Waals surface area contributed by atoms with Crippen molar-refractivity contribution in [2.45, 2.75) is 6.04 Å². The number of hydrogen-bond acceptors (Lipinski definition) is 2. The van der Waals surface area contributed by atoms with Gasteiger partial charge in [0.25, 0.3) is 0 Å². The monoisotopic (exact) mass is 331 g/mol. The molecule has 1 nitrogen and oxygen atoms in total. The molecule has 1 N–H and O–H groups in total. The zero-order chi connectivity index (χ0) is 13.2. The van der Waals surface area contributed by atoms with Crippen LogP contribution < -0.4 is 5.32 Å². The predicted octanol–water partition coefficient (Wildman–Crippen LogP) is 4.97. The fourth-order valence-electron chi connectivity index (χ4n) is 2.41. The second-order valence-electron chi connectivity index (χ2n) is 4.44. The third-order valence-electron chi connectivity index (χ3n) is 3.31. The Morgan fingerprint density at radius 1 is 1.05 bits per heavy atom. The third kappa shape index (κ3) is 2.34. The summed E-state index contributed by atoms with van der Waals surface area (Å²) in [7, 11) is 2.01. The normalized spacial score (nSPS) is 12.7. The molecule has 1 unspecified atom stereocenters. The van der Waals surface area contributed by atoms with Crippen molar-refractivity contribution < 1.29 is 0 Å². The van der Waals surface area contributed by atoms with E-state index in [4.69, 9.17) is 0 Å². The van der Waals surface area contributed by atoms with Crippen LogP contribution in [0, 0.1) is 0 Å². The summed E-state index contributed by atoms with van der Waals surface area (Å²) < 4.78 is 2.48. The lowest BCUT2D eigenvalue weighted by Gasteiger charge is -2.16. The average molecular weight is 332 g/mol. The molecule has 0 fully saturated rings. The zero-order valence-electron chi connectivity index (χ0n) is 10.6. The third-order valence-corrected chi connectivity index (χ3v) is 5.28. The highest BCUT2D eigenvalue weighted by Crippen LogP contribution is 2.36. The van der Waals surface area contributed by atoms with Crippen LogP contribution in [-0.2, 0) is 0 Å². The molecule has 0 spiro atoms. The van der Waals surface area contributed by atoms with Gasteiger partial charge in [-0.1, -0.05) is 42.5 Å². The van der Waals surface area contributed by atoms with Gasteiger partial charge in [-0.05, 0) is 50.9 Å². The lowest BCUT2D eigenvalue weighted by atomic mass is 9.98. The Morgan fingerprint density at radius 2 is 1.84 bits per heavy atom. The summed E-state index contributed by atoms with van der Waals surface area (Å²) in [5, 5.41) is 7.00. The van der Waals surface area contributed by atoms with Crippen molar-refractivity contribution in [2.24, 2.45) is 0 Å². The van der Waals surface area contributed by atoms with Gasteiger partial charge in [-0.15, -0.1) is 11.3 Å². The maximum absolute atomic E-state index is 3.63. The minimum atomic E-state index is 0.240. The molecule has 1 aromatic heterocycles. The molecule has 1 atom stereocenters. The fraction of sp³-hybridized carbons (Fsp3) is 0.125. The van der Waals surface area contributed by atoms with Crippen molar-refractivity contribution in [1.29, 1.82) is 0 Å². The maximum Gasteiger partial charge on any atom is 0.0588 e. The molecular formula is C16H14BrNS. The van der Waals surface area contributed by atoms with Gasteiger partial charge >= 0.3 is 0 Å². The molecule has 0 radical (unpaired) electrons. The summed E-state index contributed by atoms with van der Waals surface area (Å²) in [6, 6.07) is 17.2. The number of nitrogens with one attached hydrogen (secondary N) is 1. The lowest BCUT2D eigenvalue weighted by Crippen LogP contribution is -2.17. The Labute approximate surface area is 125 Å². The van der Waals surface area contributed by atoms with Crippen LogP contribution in [0.2, 0.25) is 0 Å². The Hall–Kier alpha value is -1.16. The Balaban J connectivity index is 2.15. The van der Waals surface area contributed by atoms with Gasteiger partial charge in [0.15, 0.2) is 0 Å². The van der Waals surface area contributed by atoms with Gasteiger partial charge in [0, 0.05) is 9.17 Å². The topological polar surface area (TPSA) is 12.0 Å². The first-order chi connectivity index (χ1) is 9.31. The largest absolute Gasteiger partial charge is 0.309 e. The molecule has 2 aromatic carbocycles. The average Bonchev–Trinajstić information content (AvgIpc) is 2.87. The van der Waals surface area contributed by atoms with Gasteiger partial charge in [0.05, 0.1) is 6.04 Å².